The van der Waals surface area contributed by atoms with E-state index in [-0.39, 0.29) is 16.8 Å². The fraction of sp³-hybridized carbons (Fsp3) is 0.269. The maximum absolute atomic E-state index is 15.2. The second-order valence-corrected chi connectivity index (χ2v) is 9.16. The van der Waals surface area contributed by atoms with E-state index in [4.69, 9.17) is 4.74 Å². The summed E-state index contributed by atoms with van der Waals surface area (Å²) in [4.78, 5) is 23.6. The first-order valence-corrected chi connectivity index (χ1v) is 11.8. The normalized spacial score (nSPS) is 15.9. The van der Waals surface area contributed by atoms with Crippen molar-refractivity contribution in [3.63, 3.8) is 0 Å². The lowest BCUT2D eigenvalue weighted by Gasteiger charge is -2.29. The summed E-state index contributed by atoms with van der Waals surface area (Å²) in [5.41, 5.74) is 0.740. The molecule has 2 aromatic carbocycles. The van der Waals surface area contributed by atoms with Gasteiger partial charge in [-0.25, -0.2) is 33.7 Å². The largest absolute Gasteiger partial charge is 0.379 e. The smallest absolute Gasteiger partial charge is 0.163 e. The van der Waals surface area contributed by atoms with E-state index in [0.29, 0.717) is 41.0 Å². The molecule has 0 spiro atoms. The molecular weight excluding hydrogens is 480 g/mol. The summed E-state index contributed by atoms with van der Waals surface area (Å²) < 4.78 is 37.5. The number of aryl methyl sites for hydroxylation is 1. The van der Waals surface area contributed by atoms with Crippen LogP contribution in [0.5, 0.6) is 0 Å². The third-order valence-corrected chi connectivity index (χ3v) is 6.79. The third kappa shape index (κ3) is 3.87. The molecule has 0 aliphatic carbocycles. The van der Waals surface area contributed by atoms with Gasteiger partial charge in [0.15, 0.2) is 5.65 Å². The molecule has 11 heteroatoms. The minimum Gasteiger partial charge on any atom is -0.379 e. The number of hydrogen-bond donors (Lipinski definition) is 1. The van der Waals surface area contributed by atoms with E-state index < -0.39 is 17.2 Å². The van der Waals surface area contributed by atoms with E-state index in [9.17, 15) is 5.11 Å². The summed E-state index contributed by atoms with van der Waals surface area (Å²) in [5.74, 6) is -1.72. The number of morpholine rings is 1. The highest BCUT2D eigenvalue weighted by molar-refractivity contribution is 5.94. The van der Waals surface area contributed by atoms with Gasteiger partial charge < -0.3 is 19.3 Å². The summed E-state index contributed by atoms with van der Waals surface area (Å²) in [6.07, 6.45) is 4.16. The van der Waals surface area contributed by atoms with Crippen LogP contribution in [0.25, 0.3) is 33.3 Å². The van der Waals surface area contributed by atoms with Crippen LogP contribution in [0.3, 0.4) is 0 Å². The number of imidazole rings is 1. The van der Waals surface area contributed by atoms with E-state index in [1.54, 1.807) is 11.6 Å². The van der Waals surface area contributed by atoms with Crippen LogP contribution in [-0.2, 0) is 17.4 Å². The SMILES string of the molecule is Cn1cnc2c(C(C)(O)c3cc(-c4ncnc5cc(N6CCOCC6)ccc45)c(F)cc3F)ncnc21. The van der Waals surface area contributed by atoms with Crippen molar-refractivity contribution in [1.29, 1.82) is 0 Å². The quantitative estimate of drug-likeness (QED) is 0.399. The van der Waals surface area contributed by atoms with E-state index in [1.165, 1.54) is 32.0 Å². The molecule has 0 bridgehead atoms. The van der Waals surface area contributed by atoms with Crippen molar-refractivity contribution in [3.05, 3.63) is 72.2 Å². The van der Waals surface area contributed by atoms with Crippen molar-refractivity contribution in [2.45, 2.75) is 12.5 Å². The van der Waals surface area contributed by atoms with Gasteiger partial charge in [0.05, 0.1) is 30.8 Å². The molecule has 0 amide bonds. The molecule has 188 valence electrons. The molecule has 1 N–H and O–H groups in total. The van der Waals surface area contributed by atoms with Gasteiger partial charge in [0.1, 0.15) is 41.1 Å². The number of ether oxygens (including phenoxy) is 1. The Kier molecular flexibility index (Phi) is 5.54. The number of anilines is 1. The predicted molar refractivity (Wildman–Crippen MR) is 133 cm³/mol. The number of rotatable bonds is 4. The monoisotopic (exact) mass is 503 g/mol. The molecule has 0 radical (unpaired) electrons. The average Bonchev–Trinajstić information content (AvgIpc) is 3.29. The van der Waals surface area contributed by atoms with Crippen LogP contribution >= 0.6 is 0 Å². The lowest BCUT2D eigenvalue weighted by molar-refractivity contribution is 0.0945. The number of fused-ring (bicyclic) bond motifs is 2. The molecule has 9 nitrogen and oxygen atoms in total. The Bertz CT molecular complexity index is 1650. The third-order valence-electron chi connectivity index (χ3n) is 6.79. The molecule has 1 saturated heterocycles. The number of hydrogen-bond acceptors (Lipinski definition) is 8. The molecule has 1 unspecified atom stereocenters. The lowest BCUT2D eigenvalue weighted by atomic mass is 9.89. The molecule has 4 heterocycles. The van der Waals surface area contributed by atoms with Gasteiger partial charge in [-0.15, -0.1) is 0 Å². The van der Waals surface area contributed by atoms with Gasteiger partial charge in [0.2, 0.25) is 0 Å². The zero-order chi connectivity index (χ0) is 25.7. The van der Waals surface area contributed by atoms with Gasteiger partial charge >= 0.3 is 0 Å². The molecule has 0 saturated carbocycles. The van der Waals surface area contributed by atoms with Crippen LogP contribution in [-0.4, -0.2) is 60.9 Å². The topological polar surface area (TPSA) is 102 Å². The summed E-state index contributed by atoms with van der Waals surface area (Å²) in [5, 5.41) is 12.2. The highest BCUT2D eigenvalue weighted by Crippen LogP contribution is 2.37. The van der Waals surface area contributed by atoms with Gasteiger partial charge in [-0.3, -0.25) is 0 Å². The molecule has 1 atom stereocenters. The number of nitrogens with zero attached hydrogens (tertiary/aromatic N) is 7. The number of halogens is 2. The Morgan fingerprint density at radius 2 is 1.73 bits per heavy atom. The number of aromatic nitrogens is 6. The van der Waals surface area contributed by atoms with Crippen molar-refractivity contribution in [2.75, 3.05) is 31.2 Å². The second-order valence-electron chi connectivity index (χ2n) is 9.16. The Morgan fingerprint density at radius 3 is 2.54 bits per heavy atom. The van der Waals surface area contributed by atoms with Crippen LogP contribution < -0.4 is 4.90 Å². The van der Waals surface area contributed by atoms with Crippen LogP contribution in [0.1, 0.15) is 18.2 Å². The second kappa shape index (κ2) is 8.79. The molecule has 1 aliphatic heterocycles. The van der Waals surface area contributed by atoms with Gasteiger partial charge in [-0.1, -0.05) is 0 Å². The fourth-order valence-corrected chi connectivity index (χ4v) is 4.81. The van der Waals surface area contributed by atoms with Crippen molar-refractivity contribution in [3.8, 4) is 11.3 Å². The summed E-state index contributed by atoms with van der Waals surface area (Å²) in [6.45, 7) is 4.22. The summed E-state index contributed by atoms with van der Waals surface area (Å²) in [6, 6.07) is 7.71. The molecule has 37 heavy (non-hydrogen) atoms. The highest BCUT2D eigenvalue weighted by atomic mass is 19.1. The molecular formula is C26H23F2N7O2. The average molecular weight is 504 g/mol. The van der Waals surface area contributed by atoms with Crippen LogP contribution in [0, 0.1) is 11.6 Å². The van der Waals surface area contributed by atoms with Crippen molar-refractivity contribution < 1.29 is 18.6 Å². The standard InChI is InChI=1S/C26H23F2N7O2/c1-26(36,24-23-25(32-13-31-24)34(2)14-33-23)18-10-17(19(27)11-20(18)28)22-16-4-3-15(9-21(16)29-12-30-22)35-5-7-37-8-6-35/h3-4,9-14,36H,5-8H2,1-2H3. The number of aliphatic hydroxyl groups is 1. The molecule has 6 rings (SSSR count). The van der Waals surface area contributed by atoms with Crippen LogP contribution in [0.2, 0.25) is 0 Å². The van der Waals surface area contributed by atoms with Crippen molar-refractivity contribution in [1.82, 2.24) is 29.5 Å². The Hall–Kier alpha value is -4.09. The first-order valence-electron chi connectivity index (χ1n) is 11.8. The zero-order valence-electron chi connectivity index (χ0n) is 20.2. The van der Waals surface area contributed by atoms with E-state index in [1.807, 2.05) is 18.2 Å². The highest BCUT2D eigenvalue weighted by Gasteiger charge is 2.35. The van der Waals surface area contributed by atoms with Gasteiger partial charge in [0.25, 0.3) is 0 Å². The van der Waals surface area contributed by atoms with E-state index >= 15 is 8.78 Å². The maximum atomic E-state index is 15.2. The van der Waals surface area contributed by atoms with Crippen molar-refractivity contribution in [2.24, 2.45) is 7.05 Å². The molecule has 1 aliphatic rings. The van der Waals surface area contributed by atoms with Crippen LogP contribution in [0.4, 0.5) is 14.5 Å². The van der Waals surface area contributed by atoms with Gasteiger partial charge in [-0.2, -0.15) is 0 Å². The van der Waals surface area contributed by atoms with E-state index in [2.05, 4.69) is 29.8 Å². The summed E-state index contributed by atoms with van der Waals surface area (Å²) in [7, 11) is 1.75. The molecule has 5 aromatic rings. The maximum Gasteiger partial charge on any atom is 0.163 e. The Morgan fingerprint density at radius 1 is 0.946 bits per heavy atom. The zero-order valence-corrected chi connectivity index (χ0v) is 20.2. The van der Waals surface area contributed by atoms with E-state index in [0.717, 1.165) is 24.8 Å². The van der Waals surface area contributed by atoms with Gasteiger partial charge in [0, 0.05) is 48.4 Å². The Balaban J connectivity index is 1.48. The lowest BCUT2D eigenvalue weighted by Crippen LogP contribution is -2.36. The first kappa shape index (κ1) is 23.3. The minimum atomic E-state index is -1.94. The first-order chi connectivity index (χ1) is 17.8. The fourth-order valence-electron chi connectivity index (χ4n) is 4.81. The number of benzene rings is 2. The van der Waals surface area contributed by atoms with Crippen LogP contribution in [0.15, 0.2) is 49.3 Å². The summed E-state index contributed by atoms with van der Waals surface area (Å²) >= 11 is 0. The van der Waals surface area contributed by atoms with Crippen molar-refractivity contribution >= 4 is 27.8 Å². The Labute approximate surface area is 210 Å². The minimum absolute atomic E-state index is 0.0366. The molecule has 1 fully saturated rings. The predicted octanol–water partition coefficient (Wildman–Crippen LogP) is 3.34. The molecule has 3 aromatic heterocycles. The van der Waals surface area contributed by atoms with Gasteiger partial charge in [-0.05, 0) is 31.2 Å².